The second kappa shape index (κ2) is 13.1. The van der Waals surface area contributed by atoms with Crippen LogP contribution in [-0.4, -0.2) is 57.4 Å². The van der Waals surface area contributed by atoms with Gasteiger partial charge in [0.1, 0.15) is 6.61 Å². The van der Waals surface area contributed by atoms with Crippen molar-refractivity contribution in [3.63, 3.8) is 0 Å². The Bertz CT molecular complexity index is 1390. The molecule has 0 aliphatic heterocycles. The van der Waals surface area contributed by atoms with E-state index in [-0.39, 0.29) is 25.0 Å². The third-order valence-electron chi connectivity index (χ3n) is 6.17. The summed E-state index contributed by atoms with van der Waals surface area (Å²) in [6.07, 6.45) is 1.76. The van der Waals surface area contributed by atoms with E-state index in [0.29, 0.717) is 29.8 Å². The normalized spacial score (nSPS) is 15.5. The van der Waals surface area contributed by atoms with Gasteiger partial charge in [0.25, 0.3) is 0 Å². The summed E-state index contributed by atoms with van der Waals surface area (Å²) in [5.41, 5.74) is 8.42. The molecule has 39 heavy (non-hydrogen) atoms. The fourth-order valence-electron chi connectivity index (χ4n) is 4.01. The Morgan fingerprint density at radius 2 is 1.69 bits per heavy atom. The quantitative estimate of drug-likeness (QED) is 0.165. The summed E-state index contributed by atoms with van der Waals surface area (Å²) in [4.78, 5) is 24.2. The van der Waals surface area contributed by atoms with Gasteiger partial charge >= 0.3 is 13.6 Å². The average molecular weight is 556 g/mol. The molecule has 0 amide bonds. The second-order valence-electron chi connectivity index (χ2n) is 8.97. The Labute approximate surface area is 227 Å². The van der Waals surface area contributed by atoms with Crippen molar-refractivity contribution in [3.8, 4) is 6.01 Å². The number of ether oxygens (including phenoxy) is 3. The number of imidazole rings is 1. The van der Waals surface area contributed by atoms with Gasteiger partial charge in [-0.05, 0) is 24.5 Å². The highest BCUT2D eigenvalue weighted by Gasteiger charge is 2.37. The molecule has 0 saturated carbocycles. The number of nitrogen functional groups attached to an aromatic ring is 1. The van der Waals surface area contributed by atoms with E-state index in [1.807, 2.05) is 43.3 Å². The lowest BCUT2D eigenvalue weighted by Crippen LogP contribution is -2.20. The molecule has 0 aliphatic carbocycles. The van der Waals surface area contributed by atoms with Gasteiger partial charge in [-0.15, -0.1) is 0 Å². The Morgan fingerprint density at radius 1 is 1.03 bits per heavy atom. The average Bonchev–Trinajstić information content (AvgIpc) is 3.36. The topological polar surface area (TPSA) is 144 Å². The molecule has 2 aromatic carbocycles. The van der Waals surface area contributed by atoms with Crippen LogP contribution >= 0.6 is 7.60 Å². The summed E-state index contributed by atoms with van der Waals surface area (Å²) in [6.45, 7) is 4.27. The van der Waals surface area contributed by atoms with Crippen LogP contribution in [0, 0.1) is 0 Å². The Balaban J connectivity index is 1.72. The molecule has 2 aromatic heterocycles. The summed E-state index contributed by atoms with van der Waals surface area (Å²) in [7, 11) is -2.65. The second-order valence-corrected chi connectivity index (χ2v) is 10.8. The van der Waals surface area contributed by atoms with E-state index < -0.39 is 25.6 Å². The van der Waals surface area contributed by atoms with Gasteiger partial charge < -0.3 is 33.9 Å². The minimum absolute atomic E-state index is 0.00717. The van der Waals surface area contributed by atoms with Crippen molar-refractivity contribution >= 4 is 24.6 Å². The minimum Gasteiger partial charge on any atom is -0.461 e. The van der Waals surface area contributed by atoms with E-state index in [0.717, 1.165) is 5.56 Å². The summed E-state index contributed by atoms with van der Waals surface area (Å²) in [5.74, 6) is -1.04. The molecule has 0 bridgehead atoms. The summed E-state index contributed by atoms with van der Waals surface area (Å²) >= 11 is 0. The number of methoxy groups -OCH3 is 1. The number of nitrogens with zero attached hydrogens (tertiary/aromatic N) is 4. The molecular formula is C27H34N5O6P. The molecule has 4 rings (SSSR count). The molecule has 12 heteroatoms. The van der Waals surface area contributed by atoms with Crippen LogP contribution in [0.15, 0.2) is 67.0 Å². The fourth-order valence-corrected chi connectivity index (χ4v) is 5.60. The minimum atomic E-state index is -4.23. The number of rotatable bonds is 14. The molecule has 4 aromatic rings. The first-order chi connectivity index (χ1) is 18.8. The van der Waals surface area contributed by atoms with Crippen molar-refractivity contribution < 1.29 is 28.2 Å². The largest absolute Gasteiger partial charge is 0.461 e. The van der Waals surface area contributed by atoms with Gasteiger partial charge in [0.05, 0.1) is 31.7 Å². The predicted molar refractivity (Wildman–Crippen MR) is 147 cm³/mol. The fraction of sp³-hybridized carbons (Fsp3) is 0.370. The van der Waals surface area contributed by atoms with Crippen molar-refractivity contribution in [2.45, 2.75) is 38.3 Å². The lowest BCUT2D eigenvalue weighted by Gasteiger charge is -2.28. The van der Waals surface area contributed by atoms with Crippen LogP contribution in [-0.2, 0) is 18.6 Å². The van der Waals surface area contributed by atoms with Gasteiger partial charge in [-0.2, -0.15) is 9.97 Å². The Kier molecular flexibility index (Phi) is 9.66. The zero-order valence-electron chi connectivity index (χ0n) is 22.2. The van der Waals surface area contributed by atoms with Crippen LogP contribution in [0.25, 0.3) is 11.2 Å². The summed E-state index contributed by atoms with van der Waals surface area (Å²) < 4.78 is 37.8. The molecule has 0 spiro atoms. The van der Waals surface area contributed by atoms with E-state index in [1.54, 1.807) is 49.2 Å². The summed E-state index contributed by atoms with van der Waals surface area (Å²) in [6, 6.07) is 18.1. The Morgan fingerprint density at radius 3 is 2.33 bits per heavy atom. The van der Waals surface area contributed by atoms with E-state index >= 15 is 0 Å². The van der Waals surface area contributed by atoms with Crippen LogP contribution in [0.1, 0.15) is 43.3 Å². The molecule has 2 heterocycles. The maximum atomic E-state index is 13.5. The van der Waals surface area contributed by atoms with Crippen molar-refractivity contribution in [1.29, 1.82) is 0 Å². The molecular weight excluding hydrogens is 521 g/mol. The van der Waals surface area contributed by atoms with Gasteiger partial charge in [0.15, 0.2) is 22.8 Å². The molecule has 4 atom stereocenters. The van der Waals surface area contributed by atoms with E-state index in [9.17, 15) is 9.46 Å². The molecule has 0 radical (unpaired) electrons. The Hall–Kier alpha value is -3.34. The highest BCUT2D eigenvalue weighted by atomic mass is 31.2. The lowest BCUT2D eigenvalue weighted by molar-refractivity contribution is 0.0554. The van der Waals surface area contributed by atoms with Crippen LogP contribution in [0.5, 0.6) is 6.01 Å². The van der Waals surface area contributed by atoms with Gasteiger partial charge in [0.2, 0.25) is 0 Å². The summed E-state index contributed by atoms with van der Waals surface area (Å²) in [5, 5.41) is 0. The molecule has 0 saturated heterocycles. The first kappa shape index (κ1) is 28.7. The van der Waals surface area contributed by atoms with E-state index in [4.69, 9.17) is 24.5 Å². The van der Waals surface area contributed by atoms with Crippen LogP contribution in [0.4, 0.5) is 5.82 Å². The highest BCUT2D eigenvalue weighted by Crippen LogP contribution is 2.58. The van der Waals surface area contributed by atoms with Crippen molar-refractivity contribution in [2.24, 2.45) is 0 Å². The lowest BCUT2D eigenvalue weighted by atomic mass is 10.1. The van der Waals surface area contributed by atoms with Crippen LogP contribution in [0.2, 0.25) is 0 Å². The molecule has 208 valence electrons. The zero-order valence-corrected chi connectivity index (χ0v) is 23.1. The highest BCUT2D eigenvalue weighted by molar-refractivity contribution is 7.53. The van der Waals surface area contributed by atoms with Crippen molar-refractivity contribution in [1.82, 2.24) is 19.5 Å². The number of anilines is 1. The van der Waals surface area contributed by atoms with Crippen molar-refractivity contribution in [2.75, 3.05) is 32.7 Å². The number of fused-ring (bicyclic) bond motifs is 1. The van der Waals surface area contributed by atoms with E-state index in [2.05, 4.69) is 15.0 Å². The number of nitrogens with two attached hydrogens (primary N) is 1. The third kappa shape index (κ3) is 7.00. The van der Waals surface area contributed by atoms with Crippen molar-refractivity contribution in [3.05, 3.63) is 78.1 Å². The predicted octanol–water partition coefficient (Wildman–Crippen LogP) is 4.74. The third-order valence-corrected chi connectivity index (χ3v) is 7.87. The first-order valence-corrected chi connectivity index (χ1v) is 14.3. The SMILES string of the molecule is CCC(C)OP(=O)(O)C(OCC(c1ccccc1)n1cnc2c(N)nc(OCCOC)nc21)c1ccccc1. The van der Waals surface area contributed by atoms with Crippen LogP contribution < -0.4 is 10.5 Å². The standard InChI is InChI=1S/C27H34N5O6P/c1-4-19(2)38-39(33,34)26(21-13-9-6-10-14-21)37-17-22(20-11-7-5-8-12-20)32-18-29-23-24(28)30-27(31-25(23)32)36-16-15-35-3/h5-14,18-19,22,26H,4,15-17H2,1-3H3,(H,33,34)(H2,28,30,31). The van der Waals surface area contributed by atoms with E-state index in [1.165, 1.54) is 0 Å². The maximum absolute atomic E-state index is 13.5. The monoisotopic (exact) mass is 555 g/mol. The van der Waals surface area contributed by atoms with Gasteiger partial charge in [-0.1, -0.05) is 67.6 Å². The molecule has 4 unspecified atom stereocenters. The first-order valence-electron chi connectivity index (χ1n) is 12.7. The van der Waals surface area contributed by atoms with Gasteiger partial charge in [-0.25, -0.2) is 4.98 Å². The molecule has 0 fully saturated rings. The zero-order chi connectivity index (χ0) is 27.8. The van der Waals surface area contributed by atoms with Crippen LogP contribution in [0.3, 0.4) is 0 Å². The number of aromatic nitrogens is 4. The molecule has 3 N–H and O–H groups in total. The smallest absolute Gasteiger partial charge is 0.361 e. The number of benzene rings is 2. The van der Waals surface area contributed by atoms with Gasteiger partial charge in [-0.3, -0.25) is 4.57 Å². The van der Waals surface area contributed by atoms with Gasteiger partial charge in [0, 0.05) is 7.11 Å². The maximum Gasteiger partial charge on any atom is 0.361 e. The number of hydrogen-bond donors (Lipinski definition) is 2. The molecule has 11 nitrogen and oxygen atoms in total. The molecule has 0 aliphatic rings. The number of hydrogen-bond acceptors (Lipinski definition) is 9.